The lowest BCUT2D eigenvalue weighted by Gasteiger charge is -2.16. The van der Waals surface area contributed by atoms with E-state index in [1.807, 2.05) is 24.7 Å². The van der Waals surface area contributed by atoms with Crippen molar-refractivity contribution in [3.8, 4) is 0 Å². The molecule has 2 atom stereocenters. The van der Waals surface area contributed by atoms with Gasteiger partial charge < -0.3 is 14.6 Å². The van der Waals surface area contributed by atoms with E-state index in [-0.39, 0.29) is 12.0 Å². The maximum atomic E-state index is 5.88. The SMILES string of the molecule is CCn1cc([C@@H]2OCC[C@H]2CNc2nc(C(C)C)no2)cn1. The minimum atomic E-state index is 0.0836. The topological polar surface area (TPSA) is 78.0 Å². The Morgan fingerprint density at radius 2 is 2.32 bits per heavy atom. The molecule has 22 heavy (non-hydrogen) atoms. The van der Waals surface area contributed by atoms with Crippen molar-refractivity contribution in [3.63, 3.8) is 0 Å². The van der Waals surface area contributed by atoms with Gasteiger partial charge in [0.05, 0.1) is 12.3 Å². The van der Waals surface area contributed by atoms with Gasteiger partial charge in [-0.25, -0.2) is 0 Å². The zero-order valence-corrected chi connectivity index (χ0v) is 13.3. The van der Waals surface area contributed by atoms with Gasteiger partial charge in [0.2, 0.25) is 0 Å². The van der Waals surface area contributed by atoms with Gasteiger partial charge in [0.1, 0.15) is 0 Å². The van der Waals surface area contributed by atoms with Crippen LogP contribution in [0.15, 0.2) is 16.9 Å². The third-order valence-electron chi connectivity index (χ3n) is 3.99. The monoisotopic (exact) mass is 305 g/mol. The number of aryl methyl sites for hydroxylation is 1. The summed E-state index contributed by atoms with van der Waals surface area (Å²) < 4.78 is 13.0. The van der Waals surface area contributed by atoms with Crippen molar-refractivity contribution in [3.05, 3.63) is 23.8 Å². The van der Waals surface area contributed by atoms with Crippen LogP contribution in [-0.4, -0.2) is 33.1 Å². The van der Waals surface area contributed by atoms with E-state index in [0.29, 0.717) is 11.9 Å². The highest BCUT2D eigenvalue weighted by molar-refractivity contribution is 5.20. The Labute approximate surface area is 130 Å². The minimum Gasteiger partial charge on any atom is -0.373 e. The molecule has 7 heteroatoms. The molecule has 120 valence electrons. The summed E-state index contributed by atoms with van der Waals surface area (Å²) in [6.07, 6.45) is 5.06. The van der Waals surface area contributed by atoms with Gasteiger partial charge in [-0.05, 0) is 13.3 Å². The van der Waals surface area contributed by atoms with Crippen LogP contribution in [-0.2, 0) is 11.3 Å². The van der Waals surface area contributed by atoms with Gasteiger partial charge in [0, 0.05) is 43.3 Å². The molecule has 1 aliphatic heterocycles. The zero-order valence-electron chi connectivity index (χ0n) is 13.3. The molecular formula is C15H23N5O2. The van der Waals surface area contributed by atoms with E-state index in [1.165, 1.54) is 0 Å². The average molecular weight is 305 g/mol. The molecule has 1 saturated heterocycles. The second-order valence-corrected chi connectivity index (χ2v) is 5.96. The first-order valence-corrected chi connectivity index (χ1v) is 7.88. The molecule has 0 aromatic carbocycles. The van der Waals surface area contributed by atoms with E-state index >= 15 is 0 Å². The molecule has 2 aromatic rings. The van der Waals surface area contributed by atoms with Crippen molar-refractivity contribution in [2.45, 2.75) is 45.8 Å². The van der Waals surface area contributed by atoms with Crippen LogP contribution in [0.5, 0.6) is 0 Å². The Morgan fingerprint density at radius 3 is 3.00 bits per heavy atom. The summed E-state index contributed by atoms with van der Waals surface area (Å²) in [5.74, 6) is 1.37. The van der Waals surface area contributed by atoms with Crippen molar-refractivity contribution in [1.82, 2.24) is 19.9 Å². The van der Waals surface area contributed by atoms with Crippen LogP contribution in [0, 0.1) is 5.92 Å². The maximum Gasteiger partial charge on any atom is 0.321 e. The third-order valence-corrected chi connectivity index (χ3v) is 3.99. The highest BCUT2D eigenvalue weighted by Gasteiger charge is 2.30. The van der Waals surface area contributed by atoms with Crippen molar-refractivity contribution in [2.24, 2.45) is 5.92 Å². The first kappa shape index (κ1) is 15.0. The summed E-state index contributed by atoms with van der Waals surface area (Å²) >= 11 is 0. The maximum absolute atomic E-state index is 5.88. The van der Waals surface area contributed by atoms with Gasteiger partial charge in [-0.15, -0.1) is 0 Å². The molecule has 0 spiro atoms. The quantitative estimate of drug-likeness (QED) is 0.884. The standard InChI is InChI=1S/C15H23N5O2/c1-4-20-9-12(8-17-20)13-11(5-6-21-13)7-16-15-18-14(10(2)3)19-22-15/h8-11,13H,4-7H2,1-3H3,(H,16,18,19)/t11-,13+/m0/s1. The van der Waals surface area contributed by atoms with Gasteiger partial charge in [-0.3, -0.25) is 4.68 Å². The van der Waals surface area contributed by atoms with E-state index in [2.05, 4.69) is 33.7 Å². The molecule has 0 bridgehead atoms. The van der Waals surface area contributed by atoms with Gasteiger partial charge >= 0.3 is 6.01 Å². The number of hydrogen-bond acceptors (Lipinski definition) is 6. The second-order valence-electron chi connectivity index (χ2n) is 5.96. The molecular weight excluding hydrogens is 282 g/mol. The van der Waals surface area contributed by atoms with Gasteiger partial charge in [0.15, 0.2) is 5.82 Å². The zero-order chi connectivity index (χ0) is 15.5. The molecule has 2 aromatic heterocycles. The van der Waals surface area contributed by atoms with E-state index < -0.39 is 0 Å². The predicted molar refractivity (Wildman–Crippen MR) is 81.6 cm³/mol. The number of nitrogens with zero attached hydrogens (tertiary/aromatic N) is 4. The number of nitrogens with one attached hydrogen (secondary N) is 1. The predicted octanol–water partition coefficient (Wildman–Crippen LogP) is 2.60. The van der Waals surface area contributed by atoms with Crippen LogP contribution in [0.4, 0.5) is 6.01 Å². The fourth-order valence-corrected chi connectivity index (χ4v) is 2.67. The van der Waals surface area contributed by atoms with Crippen molar-refractivity contribution in [1.29, 1.82) is 0 Å². The van der Waals surface area contributed by atoms with E-state index in [0.717, 1.165) is 37.5 Å². The summed E-state index contributed by atoms with van der Waals surface area (Å²) in [6, 6.07) is 0.485. The van der Waals surface area contributed by atoms with Crippen LogP contribution in [0.3, 0.4) is 0 Å². The minimum absolute atomic E-state index is 0.0836. The largest absolute Gasteiger partial charge is 0.373 e. The molecule has 1 N–H and O–H groups in total. The molecule has 1 aliphatic rings. The summed E-state index contributed by atoms with van der Waals surface area (Å²) in [4.78, 5) is 4.34. The van der Waals surface area contributed by atoms with Crippen LogP contribution in [0.1, 0.15) is 50.6 Å². The van der Waals surface area contributed by atoms with Crippen molar-refractivity contribution < 1.29 is 9.26 Å². The van der Waals surface area contributed by atoms with Crippen molar-refractivity contribution >= 4 is 6.01 Å². The summed E-state index contributed by atoms with van der Waals surface area (Å²) in [7, 11) is 0. The summed E-state index contributed by atoms with van der Waals surface area (Å²) in [6.45, 7) is 8.56. The molecule has 0 amide bonds. The van der Waals surface area contributed by atoms with Crippen LogP contribution in [0.25, 0.3) is 0 Å². The van der Waals surface area contributed by atoms with Gasteiger partial charge in [-0.1, -0.05) is 19.0 Å². The number of ether oxygens (including phenoxy) is 1. The van der Waals surface area contributed by atoms with E-state index in [9.17, 15) is 0 Å². The third kappa shape index (κ3) is 3.14. The molecule has 1 fully saturated rings. The number of aromatic nitrogens is 4. The lowest BCUT2D eigenvalue weighted by molar-refractivity contribution is 0.0931. The summed E-state index contributed by atoms with van der Waals surface area (Å²) in [5.41, 5.74) is 1.14. The second kappa shape index (κ2) is 6.48. The molecule has 3 heterocycles. The number of hydrogen-bond donors (Lipinski definition) is 1. The number of anilines is 1. The fraction of sp³-hybridized carbons (Fsp3) is 0.667. The number of rotatable bonds is 6. The Morgan fingerprint density at radius 1 is 1.45 bits per heavy atom. The molecule has 0 saturated carbocycles. The smallest absolute Gasteiger partial charge is 0.321 e. The highest BCUT2D eigenvalue weighted by atomic mass is 16.5. The Bertz CT molecular complexity index is 607. The first-order valence-electron chi connectivity index (χ1n) is 7.88. The van der Waals surface area contributed by atoms with E-state index in [4.69, 9.17) is 9.26 Å². The molecule has 0 unspecified atom stereocenters. The summed E-state index contributed by atoms with van der Waals surface area (Å²) in [5, 5.41) is 11.5. The molecule has 0 radical (unpaired) electrons. The average Bonchev–Trinajstić information content (AvgIpc) is 3.24. The lowest BCUT2D eigenvalue weighted by Crippen LogP contribution is -2.17. The Balaban J connectivity index is 1.61. The Hall–Kier alpha value is -1.89. The highest BCUT2D eigenvalue weighted by Crippen LogP contribution is 2.34. The first-order chi connectivity index (χ1) is 10.7. The van der Waals surface area contributed by atoms with E-state index in [1.54, 1.807) is 0 Å². The van der Waals surface area contributed by atoms with Crippen molar-refractivity contribution in [2.75, 3.05) is 18.5 Å². The molecule has 3 rings (SSSR count). The fourth-order valence-electron chi connectivity index (χ4n) is 2.67. The normalized spacial score (nSPS) is 21.6. The van der Waals surface area contributed by atoms with Gasteiger partial charge in [-0.2, -0.15) is 10.1 Å². The Kier molecular flexibility index (Phi) is 4.42. The van der Waals surface area contributed by atoms with Gasteiger partial charge in [0.25, 0.3) is 0 Å². The lowest BCUT2D eigenvalue weighted by atomic mass is 9.97. The van der Waals surface area contributed by atoms with Crippen LogP contribution in [0.2, 0.25) is 0 Å². The van der Waals surface area contributed by atoms with Crippen LogP contribution < -0.4 is 5.32 Å². The van der Waals surface area contributed by atoms with Crippen LogP contribution >= 0.6 is 0 Å². The molecule has 0 aliphatic carbocycles. The molecule has 7 nitrogen and oxygen atoms in total.